The van der Waals surface area contributed by atoms with Crippen molar-refractivity contribution in [2.45, 2.75) is 31.6 Å². The molecule has 0 aliphatic carbocycles. The van der Waals surface area contributed by atoms with E-state index < -0.39 is 9.84 Å². The highest BCUT2D eigenvalue weighted by Crippen LogP contribution is 2.22. The third-order valence-corrected chi connectivity index (χ3v) is 4.82. The van der Waals surface area contributed by atoms with Crippen molar-refractivity contribution in [1.82, 2.24) is 4.98 Å². The molecule has 4 nitrogen and oxygen atoms in total. The van der Waals surface area contributed by atoms with Gasteiger partial charge in [0, 0.05) is 18.9 Å². The molecule has 2 rings (SSSR count). The van der Waals surface area contributed by atoms with Gasteiger partial charge in [0.25, 0.3) is 0 Å². The van der Waals surface area contributed by atoms with Gasteiger partial charge in [-0.1, -0.05) is 12.1 Å². The summed E-state index contributed by atoms with van der Waals surface area (Å²) >= 11 is 0. The number of nitrogens with one attached hydrogen (secondary N) is 1. The number of benzene rings is 1. The van der Waals surface area contributed by atoms with Crippen LogP contribution in [0.4, 0.5) is 0 Å². The monoisotopic (exact) mass is 305 g/mol. The highest BCUT2D eigenvalue weighted by molar-refractivity contribution is 7.90. The van der Waals surface area contributed by atoms with Crippen molar-refractivity contribution in [1.29, 1.82) is 0 Å². The highest BCUT2D eigenvalue weighted by Gasteiger charge is 2.15. The largest absolute Gasteiger partial charge is 0.359 e. The minimum Gasteiger partial charge on any atom is -0.359 e. The Kier molecular flexibility index (Phi) is 4.32. The van der Waals surface area contributed by atoms with Crippen molar-refractivity contribution in [2.75, 3.05) is 6.26 Å². The van der Waals surface area contributed by atoms with E-state index >= 15 is 0 Å². The molecule has 0 saturated carbocycles. The van der Waals surface area contributed by atoms with E-state index in [1.54, 1.807) is 32.2 Å². The Morgan fingerprint density at radius 3 is 2.29 bits per heavy atom. The standard InChI is InChI=1S/C16H19NO3S/c1-11-9-13(10-12(2)16(11)21(3,19)20)6-7-15(18)14-5-4-8-17-14/h4-5,8-10,17H,6-7H2,1-3H3. The second-order valence-corrected chi connectivity index (χ2v) is 7.29. The maximum absolute atomic E-state index is 11.9. The van der Waals surface area contributed by atoms with Crippen LogP contribution in [0.15, 0.2) is 35.4 Å². The Hall–Kier alpha value is -1.88. The molecule has 0 radical (unpaired) electrons. The van der Waals surface area contributed by atoms with Crippen molar-refractivity contribution in [3.05, 3.63) is 52.8 Å². The molecule has 0 unspecified atom stereocenters. The number of carbonyl (C=O) groups is 1. The van der Waals surface area contributed by atoms with Gasteiger partial charge < -0.3 is 4.98 Å². The predicted octanol–water partition coefficient (Wildman–Crippen LogP) is 2.85. The van der Waals surface area contributed by atoms with E-state index in [4.69, 9.17) is 0 Å². The third kappa shape index (κ3) is 3.61. The number of hydrogen-bond donors (Lipinski definition) is 1. The first-order chi connectivity index (χ1) is 9.79. The number of H-pyrrole nitrogens is 1. The molecule has 5 heteroatoms. The average molecular weight is 305 g/mol. The van der Waals surface area contributed by atoms with Crippen LogP contribution >= 0.6 is 0 Å². The van der Waals surface area contributed by atoms with E-state index in [0.717, 1.165) is 16.7 Å². The Labute approximate surface area is 125 Å². The zero-order valence-electron chi connectivity index (χ0n) is 12.4. The van der Waals surface area contributed by atoms with Gasteiger partial charge >= 0.3 is 0 Å². The number of aromatic nitrogens is 1. The van der Waals surface area contributed by atoms with E-state index in [1.807, 2.05) is 12.1 Å². The van der Waals surface area contributed by atoms with E-state index in [0.29, 0.717) is 23.4 Å². The topological polar surface area (TPSA) is 67.0 Å². The number of ketones is 1. The van der Waals surface area contributed by atoms with Gasteiger partial charge in [0.2, 0.25) is 0 Å². The molecule has 1 aromatic heterocycles. The molecule has 0 aliphatic heterocycles. The van der Waals surface area contributed by atoms with E-state index in [1.165, 1.54) is 6.26 Å². The number of sulfone groups is 1. The molecule has 1 aromatic carbocycles. The number of hydrogen-bond acceptors (Lipinski definition) is 3. The third-order valence-electron chi connectivity index (χ3n) is 3.43. The minimum atomic E-state index is -3.22. The summed E-state index contributed by atoms with van der Waals surface area (Å²) < 4.78 is 23.5. The summed E-state index contributed by atoms with van der Waals surface area (Å²) in [6.07, 6.45) is 3.94. The minimum absolute atomic E-state index is 0.0579. The van der Waals surface area contributed by atoms with Crippen LogP contribution in [-0.4, -0.2) is 25.4 Å². The molecule has 0 fully saturated rings. The van der Waals surface area contributed by atoms with Gasteiger partial charge in [-0.3, -0.25) is 4.79 Å². The normalized spacial score (nSPS) is 11.6. The van der Waals surface area contributed by atoms with Crippen LogP contribution in [0, 0.1) is 13.8 Å². The van der Waals surface area contributed by atoms with Gasteiger partial charge in [0.1, 0.15) is 0 Å². The van der Waals surface area contributed by atoms with Crippen molar-refractivity contribution < 1.29 is 13.2 Å². The Balaban J connectivity index is 2.18. The molecule has 2 aromatic rings. The van der Waals surface area contributed by atoms with Crippen LogP contribution in [0.2, 0.25) is 0 Å². The lowest BCUT2D eigenvalue weighted by atomic mass is 10.0. The lowest BCUT2D eigenvalue weighted by Gasteiger charge is -2.11. The Bertz CT molecular complexity index is 736. The first-order valence-corrected chi connectivity index (χ1v) is 8.65. The van der Waals surface area contributed by atoms with Gasteiger partial charge in [-0.2, -0.15) is 0 Å². The van der Waals surface area contributed by atoms with Crippen LogP contribution in [-0.2, 0) is 16.3 Å². The van der Waals surface area contributed by atoms with Crippen molar-refractivity contribution in [3.63, 3.8) is 0 Å². The lowest BCUT2D eigenvalue weighted by Crippen LogP contribution is -2.06. The van der Waals surface area contributed by atoms with Crippen LogP contribution in [0.5, 0.6) is 0 Å². The van der Waals surface area contributed by atoms with Gasteiger partial charge in [-0.15, -0.1) is 0 Å². The molecule has 1 N–H and O–H groups in total. The number of aryl methyl sites for hydroxylation is 3. The number of Topliss-reactive ketones (excluding diaryl/α,β-unsaturated/α-hetero) is 1. The molecule has 112 valence electrons. The number of aromatic amines is 1. The summed E-state index contributed by atoms with van der Waals surface area (Å²) in [5.74, 6) is 0.0579. The first-order valence-electron chi connectivity index (χ1n) is 6.76. The van der Waals surface area contributed by atoms with Crippen LogP contribution < -0.4 is 0 Å². The Morgan fingerprint density at radius 1 is 1.19 bits per heavy atom. The summed E-state index contributed by atoms with van der Waals surface area (Å²) in [4.78, 5) is 15.2. The van der Waals surface area contributed by atoms with Crippen molar-refractivity contribution in [3.8, 4) is 0 Å². The van der Waals surface area contributed by atoms with Gasteiger partial charge in [-0.05, 0) is 49.1 Å². The molecular formula is C16H19NO3S. The van der Waals surface area contributed by atoms with Crippen LogP contribution in [0.1, 0.15) is 33.6 Å². The van der Waals surface area contributed by atoms with Gasteiger partial charge in [-0.25, -0.2) is 8.42 Å². The summed E-state index contributed by atoms with van der Waals surface area (Å²) in [5, 5.41) is 0. The highest BCUT2D eigenvalue weighted by atomic mass is 32.2. The summed E-state index contributed by atoms with van der Waals surface area (Å²) in [6.45, 7) is 3.58. The zero-order valence-corrected chi connectivity index (χ0v) is 13.3. The van der Waals surface area contributed by atoms with E-state index in [2.05, 4.69) is 4.98 Å². The number of rotatable bonds is 5. The molecule has 0 atom stereocenters. The van der Waals surface area contributed by atoms with Crippen molar-refractivity contribution >= 4 is 15.6 Å². The fourth-order valence-corrected chi connectivity index (χ4v) is 3.95. The van der Waals surface area contributed by atoms with E-state index in [-0.39, 0.29) is 5.78 Å². The SMILES string of the molecule is Cc1cc(CCC(=O)c2ccc[nH]2)cc(C)c1S(C)(=O)=O. The number of carbonyl (C=O) groups excluding carboxylic acids is 1. The molecule has 21 heavy (non-hydrogen) atoms. The molecule has 0 amide bonds. The second kappa shape index (κ2) is 5.85. The quantitative estimate of drug-likeness (QED) is 0.864. The maximum Gasteiger partial charge on any atom is 0.179 e. The molecule has 0 bridgehead atoms. The Morgan fingerprint density at radius 2 is 1.81 bits per heavy atom. The van der Waals surface area contributed by atoms with E-state index in [9.17, 15) is 13.2 Å². The molecule has 0 aliphatic rings. The van der Waals surface area contributed by atoms with Crippen LogP contribution in [0.25, 0.3) is 0 Å². The molecule has 0 spiro atoms. The lowest BCUT2D eigenvalue weighted by molar-refractivity contribution is 0.0978. The molecule has 1 heterocycles. The smallest absolute Gasteiger partial charge is 0.179 e. The second-order valence-electron chi connectivity index (χ2n) is 5.34. The summed E-state index contributed by atoms with van der Waals surface area (Å²) in [6, 6.07) is 7.25. The predicted molar refractivity (Wildman–Crippen MR) is 82.5 cm³/mol. The van der Waals surface area contributed by atoms with Gasteiger partial charge in [0.05, 0.1) is 10.6 Å². The fourth-order valence-electron chi connectivity index (χ4n) is 2.67. The fraction of sp³-hybridized carbons (Fsp3) is 0.312. The molecule has 0 saturated heterocycles. The van der Waals surface area contributed by atoms with Crippen molar-refractivity contribution in [2.24, 2.45) is 0 Å². The average Bonchev–Trinajstić information content (AvgIpc) is 2.87. The zero-order chi connectivity index (χ0) is 15.6. The van der Waals surface area contributed by atoms with Gasteiger partial charge in [0.15, 0.2) is 15.6 Å². The maximum atomic E-state index is 11.9. The van der Waals surface area contributed by atoms with Crippen LogP contribution in [0.3, 0.4) is 0 Å². The molecular weight excluding hydrogens is 286 g/mol. The summed E-state index contributed by atoms with van der Waals surface area (Å²) in [5.41, 5.74) is 3.06. The summed E-state index contributed by atoms with van der Waals surface area (Å²) in [7, 11) is -3.22. The first kappa shape index (κ1) is 15.5.